The Hall–Kier alpha value is -1.64. The fraction of sp³-hybridized carbons (Fsp3) is 0.667. The van der Waals surface area contributed by atoms with Crippen LogP contribution in [0.1, 0.15) is 54.9 Å². The summed E-state index contributed by atoms with van der Waals surface area (Å²) >= 11 is 0. The first-order valence-corrected chi connectivity index (χ1v) is 12.4. The Labute approximate surface area is 173 Å². The normalized spacial score (nSPS) is 26.4. The molecule has 1 aromatic carbocycles. The second-order valence-electron chi connectivity index (χ2n) is 8.83. The fourth-order valence-corrected chi connectivity index (χ4v) is 7.10. The molecule has 2 aliphatic heterocycles. The molecule has 2 fully saturated rings. The van der Waals surface area contributed by atoms with Crippen molar-refractivity contribution in [2.24, 2.45) is 0 Å². The van der Waals surface area contributed by atoms with Crippen LogP contribution < -0.4 is 10.0 Å². The first-order chi connectivity index (χ1) is 14.0. The van der Waals surface area contributed by atoms with Crippen molar-refractivity contribution in [3.05, 3.63) is 28.3 Å². The minimum atomic E-state index is -3.84. The molecule has 2 atom stereocenters. The monoisotopic (exact) mass is 418 g/mol. The zero-order valence-corrected chi connectivity index (χ0v) is 17.9. The highest BCUT2D eigenvalue weighted by Gasteiger charge is 2.43. The zero-order valence-electron chi connectivity index (χ0n) is 17.0. The Morgan fingerprint density at radius 3 is 2.17 bits per heavy atom. The SMILES string of the molecule is CCN1C2CCC1CN(S(=O)(=O)NC(=O)Nc1c3c(cc4c1CCC4)CCC3)C2. The van der Waals surface area contributed by atoms with Crippen molar-refractivity contribution in [2.75, 3.05) is 25.0 Å². The van der Waals surface area contributed by atoms with Crippen LogP contribution in [-0.2, 0) is 35.9 Å². The number of nitrogens with zero attached hydrogens (tertiary/aromatic N) is 2. The van der Waals surface area contributed by atoms with E-state index < -0.39 is 16.2 Å². The third-order valence-electron chi connectivity index (χ3n) is 7.24. The molecule has 0 radical (unpaired) electrons. The smallest absolute Gasteiger partial charge is 0.307 e. The molecule has 2 amide bonds. The number of hydrogen-bond acceptors (Lipinski definition) is 4. The van der Waals surface area contributed by atoms with Gasteiger partial charge in [0.25, 0.3) is 0 Å². The molecule has 158 valence electrons. The summed E-state index contributed by atoms with van der Waals surface area (Å²) in [5.74, 6) is 0. The van der Waals surface area contributed by atoms with Crippen molar-refractivity contribution in [1.29, 1.82) is 0 Å². The van der Waals surface area contributed by atoms with Gasteiger partial charge in [-0.3, -0.25) is 4.90 Å². The third kappa shape index (κ3) is 3.35. The molecule has 7 nitrogen and oxygen atoms in total. The van der Waals surface area contributed by atoms with E-state index in [1.165, 1.54) is 26.6 Å². The van der Waals surface area contributed by atoms with Crippen LogP contribution in [0.25, 0.3) is 0 Å². The molecule has 5 rings (SSSR count). The number of piperazine rings is 1. The van der Waals surface area contributed by atoms with E-state index in [-0.39, 0.29) is 12.1 Å². The molecule has 0 spiro atoms. The first-order valence-electron chi connectivity index (χ1n) is 11.0. The van der Waals surface area contributed by atoms with Gasteiger partial charge in [-0.2, -0.15) is 12.7 Å². The average Bonchev–Trinajstić information content (AvgIpc) is 3.38. The Morgan fingerprint density at radius 1 is 1.03 bits per heavy atom. The lowest BCUT2D eigenvalue weighted by Gasteiger charge is -2.39. The molecule has 4 aliphatic rings. The standard InChI is InChI=1S/C21H30N4O3S/c1-2-25-16-9-10-17(25)13-24(12-16)29(27,28)23-21(26)22-20-18-7-3-5-14(18)11-15-6-4-8-19(15)20/h11,16-17H,2-10,12-13H2,1H3,(H2,22,23,26). The molecule has 2 heterocycles. The van der Waals surface area contributed by atoms with Gasteiger partial charge in [-0.05, 0) is 80.2 Å². The maximum Gasteiger partial charge on any atom is 0.333 e. The van der Waals surface area contributed by atoms with Crippen molar-refractivity contribution in [3.63, 3.8) is 0 Å². The predicted octanol–water partition coefficient (Wildman–Crippen LogP) is 2.20. The van der Waals surface area contributed by atoms with E-state index in [1.807, 2.05) is 0 Å². The zero-order chi connectivity index (χ0) is 20.2. The van der Waals surface area contributed by atoms with Crippen LogP contribution >= 0.6 is 0 Å². The molecule has 2 N–H and O–H groups in total. The number of fused-ring (bicyclic) bond motifs is 4. The number of rotatable bonds is 4. The molecule has 8 heteroatoms. The Kier molecular flexibility index (Phi) is 4.83. The topological polar surface area (TPSA) is 81.8 Å². The third-order valence-corrected chi connectivity index (χ3v) is 8.66. The quantitative estimate of drug-likeness (QED) is 0.785. The van der Waals surface area contributed by atoms with Crippen LogP contribution in [0.5, 0.6) is 0 Å². The maximum absolute atomic E-state index is 12.9. The number of aryl methyl sites for hydroxylation is 2. The maximum atomic E-state index is 12.9. The lowest BCUT2D eigenvalue weighted by atomic mass is 9.99. The number of anilines is 1. The molecule has 0 saturated carbocycles. The van der Waals surface area contributed by atoms with Crippen molar-refractivity contribution in [3.8, 4) is 0 Å². The Balaban J connectivity index is 1.32. The Bertz CT molecular complexity index is 899. The van der Waals surface area contributed by atoms with E-state index >= 15 is 0 Å². The number of benzene rings is 1. The van der Waals surface area contributed by atoms with Crippen LogP contribution in [0.4, 0.5) is 10.5 Å². The van der Waals surface area contributed by atoms with Crippen LogP contribution in [0.15, 0.2) is 6.07 Å². The fourth-order valence-electron chi connectivity index (χ4n) is 5.95. The van der Waals surface area contributed by atoms with E-state index in [1.54, 1.807) is 0 Å². The van der Waals surface area contributed by atoms with Gasteiger partial charge in [0.1, 0.15) is 0 Å². The lowest BCUT2D eigenvalue weighted by Crippen LogP contribution is -2.58. The summed E-state index contributed by atoms with van der Waals surface area (Å²) in [7, 11) is -3.84. The molecular formula is C21H30N4O3S. The lowest BCUT2D eigenvalue weighted by molar-refractivity contribution is 0.116. The van der Waals surface area contributed by atoms with Crippen molar-refractivity contribution < 1.29 is 13.2 Å². The van der Waals surface area contributed by atoms with Gasteiger partial charge in [-0.25, -0.2) is 9.52 Å². The summed E-state index contributed by atoms with van der Waals surface area (Å²) in [6, 6.07) is 2.19. The molecule has 2 bridgehead atoms. The summed E-state index contributed by atoms with van der Waals surface area (Å²) in [6.45, 7) is 3.99. The summed E-state index contributed by atoms with van der Waals surface area (Å²) in [5, 5.41) is 2.93. The van der Waals surface area contributed by atoms with E-state index in [2.05, 4.69) is 27.9 Å². The van der Waals surface area contributed by atoms with Gasteiger partial charge in [0.15, 0.2) is 0 Å². The van der Waals surface area contributed by atoms with Gasteiger partial charge in [0, 0.05) is 30.9 Å². The molecule has 0 aromatic heterocycles. The van der Waals surface area contributed by atoms with Gasteiger partial charge in [0.2, 0.25) is 0 Å². The van der Waals surface area contributed by atoms with Crippen LogP contribution in [0.3, 0.4) is 0 Å². The molecule has 2 aliphatic carbocycles. The van der Waals surface area contributed by atoms with E-state index in [9.17, 15) is 13.2 Å². The van der Waals surface area contributed by atoms with Crippen molar-refractivity contribution in [1.82, 2.24) is 13.9 Å². The summed E-state index contributed by atoms with van der Waals surface area (Å²) in [4.78, 5) is 15.1. The number of carbonyl (C=O) groups excluding carboxylic acids is 1. The summed E-state index contributed by atoms with van der Waals surface area (Å²) < 4.78 is 29.6. The minimum absolute atomic E-state index is 0.263. The number of likely N-dealkylation sites (N-methyl/N-ethyl adjacent to an activating group) is 1. The van der Waals surface area contributed by atoms with Gasteiger partial charge in [0.05, 0.1) is 0 Å². The van der Waals surface area contributed by atoms with Gasteiger partial charge < -0.3 is 5.32 Å². The number of carbonyl (C=O) groups is 1. The van der Waals surface area contributed by atoms with Crippen LogP contribution in [0.2, 0.25) is 0 Å². The van der Waals surface area contributed by atoms with E-state index in [0.29, 0.717) is 13.1 Å². The van der Waals surface area contributed by atoms with Gasteiger partial charge >= 0.3 is 16.2 Å². The van der Waals surface area contributed by atoms with Gasteiger partial charge in [-0.1, -0.05) is 13.0 Å². The highest BCUT2D eigenvalue weighted by Crippen LogP contribution is 2.38. The minimum Gasteiger partial charge on any atom is -0.307 e. The number of amides is 2. The molecule has 2 saturated heterocycles. The summed E-state index contributed by atoms with van der Waals surface area (Å²) in [6.07, 6.45) is 8.23. The number of hydrogen-bond donors (Lipinski definition) is 2. The highest BCUT2D eigenvalue weighted by atomic mass is 32.2. The molecule has 1 aromatic rings. The summed E-state index contributed by atoms with van der Waals surface area (Å²) in [5.41, 5.74) is 5.91. The largest absolute Gasteiger partial charge is 0.333 e. The van der Waals surface area contributed by atoms with E-state index in [4.69, 9.17) is 0 Å². The number of nitrogens with one attached hydrogen (secondary N) is 2. The van der Waals surface area contributed by atoms with E-state index in [0.717, 1.165) is 63.6 Å². The second-order valence-corrected chi connectivity index (χ2v) is 10.5. The molecule has 29 heavy (non-hydrogen) atoms. The van der Waals surface area contributed by atoms with Crippen LogP contribution in [0, 0.1) is 0 Å². The highest BCUT2D eigenvalue weighted by molar-refractivity contribution is 7.87. The predicted molar refractivity (Wildman–Crippen MR) is 112 cm³/mol. The van der Waals surface area contributed by atoms with Crippen LogP contribution in [-0.4, -0.2) is 55.4 Å². The Morgan fingerprint density at radius 2 is 1.62 bits per heavy atom. The van der Waals surface area contributed by atoms with Crippen molar-refractivity contribution in [2.45, 2.75) is 70.4 Å². The number of urea groups is 1. The molecular weight excluding hydrogens is 388 g/mol. The van der Waals surface area contributed by atoms with Gasteiger partial charge in [-0.15, -0.1) is 0 Å². The van der Waals surface area contributed by atoms with Crippen molar-refractivity contribution >= 4 is 21.9 Å². The first kappa shape index (κ1) is 19.3. The second kappa shape index (κ2) is 7.25. The average molecular weight is 419 g/mol. The molecule has 2 unspecified atom stereocenters.